The van der Waals surface area contributed by atoms with Crippen LogP contribution < -0.4 is 0 Å². The Balaban J connectivity index is 2.88. The second-order valence-electron chi connectivity index (χ2n) is 2.88. The number of rotatable bonds is 0. The Labute approximate surface area is 69.3 Å². The van der Waals surface area contributed by atoms with Crippen LogP contribution in [0.4, 0.5) is 0 Å². The maximum absolute atomic E-state index is 9.37. The van der Waals surface area contributed by atoms with Gasteiger partial charge in [-0.3, -0.25) is 0 Å². The molecule has 0 unspecified atom stereocenters. The summed E-state index contributed by atoms with van der Waals surface area (Å²) in [6.45, 7) is 1.90. The summed E-state index contributed by atoms with van der Waals surface area (Å²) in [5.41, 5.74) is 1.64. The lowest BCUT2D eigenvalue weighted by atomic mass is 10.2. The minimum atomic E-state index is 0.0816. The van der Waals surface area contributed by atoms with Crippen molar-refractivity contribution >= 4 is 10.9 Å². The smallest absolute Gasteiger partial charge is 0.143 e. The van der Waals surface area contributed by atoms with Gasteiger partial charge in [-0.2, -0.15) is 0 Å². The number of H-pyrrole nitrogens is 1. The molecule has 0 atom stereocenters. The predicted octanol–water partition coefficient (Wildman–Crippen LogP) is 1.89. The van der Waals surface area contributed by atoms with Gasteiger partial charge in [0.25, 0.3) is 0 Å². The molecule has 0 saturated heterocycles. The third-order valence-corrected chi connectivity index (χ3v) is 1.83. The number of aromatic nitrogens is 1. The Hall–Kier alpha value is -1.64. The van der Waals surface area contributed by atoms with Crippen LogP contribution in [0.15, 0.2) is 18.2 Å². The zero-order valence-corrected chi connectivity index (χ0v) is 6.63. The molecule has 0 fully saturated rings. The monoisotopic (exact) mass is 163 g/mol. The number of aryl methyl sites for hydroxylation is 1. The van der Waals surface area contributed by atoms with Crippen molar-refractivity contribution in [2.75, 3.05) is 0 Å². The van der Waals surface area contributed by atoms with E-state index in [0.29, 0.717) is 5.52 Å². The lowest BCUT2D eigenvalue weighted by Gasteiger charge is -1.95. The molecule has 0 aliphatic carbocycles. The number of benzene rings is 1. The highest BCUT2D eigenvalue weighted by Crippen LogP contribution is 2.29. The van der Waals surface area contributed by atoms with E-state index in [9.17, 15) is 5.11 Å². The molecule has 0 aliphatic heterocycles. The zero-order valence-electron chi connectivity index (χ0n) is 6.63. The SMILES string of the molecule is Cc1cc2cc(O)cc(O)c2[nH]1. The first-order chi connectivity index (χ1) is 5.66. The van der Waals surface area contributed by atoms with Crippen LogP contribution in [0.2, 0.25) is 0 Å². The van der Waals surface area contributed by atoms with Crippen molar-refractivity contribution in [3.63, 3.8) is 0 Å². The number of nitrogens with one attached hydrogen (secondary N) is 1. The fraction of sp³-hybridized carbons (Fsp3) is 0.111. The Bertz CT molecular complexity index is 431. The summed E-state index contributed by atoms with van der Waals surface area (Å²) in [6.07, 6.45) is 0. The van der Waals surface area contributed by atoms with Crippen molar-refractivity contribution in [1.82, 2.24) is 4.98 Å². The van der Waals surface area contributed by atoms with Gasteiger partial charge in [-0.15, -0.1) is 0 Å². The second kappa shape index (κ2) is 2.17. The van der Waals surface area contributed by atoms with Gasteiger partial charge in [0.1, 0.15) is 11.5 Å². The summed E-state index contributed by atoms with van der Waals surface area (Å²) >= 11 is 0. The van der Waals surface area contributed by atoms with E-state index in [1.165, 1.54) is 6.07 Å². The molecule has 0 bridgehead atoms. The highest BCUT2D eigenvalue weighted by Gasteiger charge is 2.03. The van der Waals surface area contributed by atoms with Crippen LogP contribution in [-0.4, -0.2) is 15.2 Å². The molecule has 0 aliphatic rings. The van der Waals surface area contributed by atoms with Gasteiger partial charge in [0.05, 0.1) is 5.52 Å². The van der Waals surface area contributed by atoms with Gasteiger partial charge >= 0.3 is 0 Å². The lowest BCUT2D eigenvalue weighted by Crippen LogP contribution is -1.71. The van der Waals surface area contributed by atoms with Crippen molar-refractivity contribution in [3.8, 4) is 11.5 Å². The van der Waals surface area contributed by atoms with Gasteiger partial charge in [0.2, 0.25) is 0 Å². The number of hydrogen-bond donors (Lipinski definition) is 3. The molecule has 0 spiro atoms. The average molecular weight is 163 g/mol. The molecule has 2 rings (SSSR count). The molecule has 1 heterocycles. The lowest BCUT2D eigenvalue weighted by molar-refractivity contribution is 0.454. The average Bonchev–Trinajstić information content (AvgIpc) is 2.29. The van der Waals surface area contributed by atoms with E-state index in [2.05, 4.69) is 4.98 Å². The Morgan fingerprint density at radius 3 is 2.67 bits per heavy atom. The number of phenols is 2. The van der Waals surface area contributed by atoms with Crippen molar-refractivity contribution in [1.29, 1.82) is 0 Å². The van der Waals surface area contributed by atoms with Crippen molar-refractivity contribution < 1.29 is 10.2 Å². The minimum absolute atomic E-state index is 0.0816. The topological polar surface area (TPSA) is 56.2 Å². The van der Waals surface area contributed by atoms with Gasteiger partial charge in [0.15, 0.2) is 0 Å². The molecule has 1 aromatic carbocycles. The maximum Gasteiger partial charge on any atom is 0.143 e. The number of aromatic amines is 1. The van der Waals surface area contributed by atoms with Gasteiger partial charge in [-0.1, -0.05) is 0 Å². The van der Waals surface area contributed by atoms with E-state index in [1.807, 2.05) is 13.0 Å². The fourth-order valence-electron chi connectivity index (χ4n) is 1.35. The van der Waals surface area contributed by atoms with Gasteiger partial charge in [-0.25, -0.2) is 0 Å². The zero-order chi connectivity index (χ0) is 8.72. The number of hydrogen-bond acceptors (Lipinski definition) is 2. The van der Waals surface area contributed by atoms with E-state index < -0.39 is 0 Å². The first-order valence-electron chi connectivity index (χ1n) is 3.68. The third kappa shape index (κ3) is 0.906. The van der Waals surface area contributed by atoms with Crippen LogP contribution in [0, 0.1) is 6.92 Å². The van der Waals surface area contributed by atoms with Crippen LogP contribution in [0.5, 0.6) is 11.5 Å². The van der Waals surface area contributed by atoms with Crippen LogP contribution >= 0.6 is 0 Å². The molecule has 0 radical (unpaired) electrons. The quantitative estimate of drug-likeness (QED) is 0.555. The van der Waals surface area contributed by atoms with E-state index in [0.717, 1.165) is 11.1 Å². The van der Waals surface area contributed by atoms with Crippen molar-refractivity contribution in [2.24, 2.45) is 0 Å². The van der Waals surface area contributed by atoms with Gasteiger partial charge in [0, 0.05) is 17.1 Å². The summed E-state index contributed by atoms with van der Waals surface area (Å²) in [6, 6.07) is 4.80. The molecule has 3 heteroatoms. The summed E-state index contributed by atoms with van der Waals surface area (Å²) in [7, 11) is 0. The number of aromatic hydroxyl groups is 2. The molecule has 0 saturated carbocycles. The number of fused-ring (bicyclic) bond motifs is 1. The largest absolute Gasteiger partial charge is 0.508 e. The Morgan fingerprint density at radius 1 is 1.17 bits per heavy atom. The summed E-state index contributed by atoms with van der Waals surface area (Å²) in [5.74, 6) is 0.164. The van der Waals surface area contributed by atoms with Gasteiger partial charge in [-0.05, 0) is 19.1 Å². The molecule has 62 valence electrons. The highest BCUT2D eigenvalue weighted by molar-refractivity contribution is 5.87. The standard InChI is InChI=1S/C9H9NO2/c1-5-2-6-3-7(11)4-8(12)9(6)10-5/h2-4,10-12H,1H3. The van der Waals surface area contributed by atoms with Crippen LogP contribution in [0.3, 0.4) is 0 Å². The first-order valence-corrected chi connectivity index (χ1v) is 3.68. The van der Waals surface area contributed by atoms with Crippen molar-refractivity contribution in [3.05, 3.63) is 23.9 Å². The van der Waals surface area contributed by atoms with E-state index in [4.69, 9.17) is 5.11 Å². The van der Waals surface area contributed by atoms with Crippen molar-refractivity contribution in [2.45, 2.75) is 6.92 Å². The summed E-state index contributed by atoms with van der Waals surface area (Å²) in [5, 5.41) is 19.3. The molecule has 1 aromatic heterocycles. The molecule has 3 nitrogen and oxygen atoms in total. The molecule has 0 amide bonds. The first kappa shape index (κ1) is 7.03. The predicted molar refractivity (Wildman–Crippen MR) is 46.4 cm³/mol. The molecule has 2 aromatic rings. The third-order valence-electron chi connectivity index (χ3n) is 1.83. The molecular formula is C9H9NO2. The highest BCUT2D eigenvalue weighted by atomic mass is 16.3. The summed E-state index contributed by atoms with van der Waals surface area (Å²) in [4.78, 5) is 2.99. The van der Waals surface area contributed by atoms with E-state index in [1.54, 1.807) is 6.07 Å². The fourth-order valence-corrected chi connectivity index (χ4v) is 1.35. The van der Waals surface area contributed by atoms with Crippen LogP contribution in [0.25, 0.3) is 10.9 Å². The minimum Gasteiger partial charge on any atom is -0.508 e. The van der Waals surface area contributed by atoms with Crippen LogP contribution in [0.1, 0.15) is 5.69 Å². The van der Waals surface area contributed by atoms with E-state index in [-0.39, 0.29) is 11.5 Å². The number of phenolic OH excluding ortho intramolecular Hbond substituents is 2. The molecule has 3 N–H and O–H groups in total. The second-order valence-corrected chi connectivity index (χ2v) is 2.88. The Morgan fingerprint density at radius 2 is 1.92 bits per heavy atom. The molecule has 12 heavy (non-hydrogen) atoms. The van der Waals surface area contributed by atoms with Gasteiger partial charge < -0.3 is 15.2 Å². The summed E-state index contributed by atoms with van der Waals surface area (Å²) < 4.78 is 0. The maximum atomic E-state index is 9.37. The normalized spacial score (nSPS) is 10.8. The molecular weight excluding hydrogens is 154 g/mol. The Kier molecular flexibility index (Phi) is 1.27. The van der Waals surface area contributed by atoms with E-state index >= 15 is 0 Å². The van der Waals surface area contributed by atoms with Crippen LogP contribution in [-0.2, 0) is 0 Å².